The molecule has 5 rings (SSSR count). The third kappa shape index (κ3) is 6.53. The molecule has 1 saturated heterocycles. The molecule has 2 aliphatic heterocycles. The van der Waals surface area contributed by atoms with Gasteiger partial charge in [0, 0.05) is 42.9 Å². The average molecular weight is 556 g/mol. The summed E-state index contributed by atoms with van der Waals surface area (Å²) in [6.45, 7) is 2.21. The van der Waals surface area contributed by atoms with E-state index in [1.165, 1.54) is 17.7 Å². The molecule has 1 aromatic heterocycles. The van der Waals surface area contributed by atoms with Gasteiger partial charge in [-0.15, -0.1) is 0 Å². The van der Waals surface area contributed by atoms with Crippen molar-refractivity contribution in [3.8, 4) is 0 Å². The molecule has 3 heterocycles. The molecule has 3 N–H and O–H groups in total. The monoisotopic (exact) mass is 555 g/mol. The maximum absolute atomic E-state index is 13.1. The first-order valence-corrected chi connectivity index (χ1v) is 15.2. The Morgan fingerprint density at radius 1 is 1.08 bits per heavy atom. The number of rotatable bonds is 10. The van der Waals surface area contributed by atoms with Crippen LogP contribution in [0.4, 0.5) is 16.2 Å². The summed E-state index contributed by atoms with van der Waals surface area (Å²) < 4.78 is 26.0. The number of nitrogens with one attached hydrogen (secondary N) is 1. The molecule has 38 heavy (non-hydrogen) atoms. The van der Waals surface area contributed by atoms with Crippen LogP contribution in [-0.4, -0.2) is 45.6 Å². The molecule has 1 fully saturated rings. The molecule has 2 aromatic carbocycles. The minimum Gasteiger partial charge on any atom is -0.365 e. The highest BCUT2D eigenvalue weighted by Crippen LogP contribution is 2.34. The first-order chi connectivity index (χ1) is 18.5. The number of aryl methyl sites for hydroxylation is 2. The Hall–Kier alpha value is -2.55. The van der Waals surface area contributed by atoms with Gasteiger partial charge in [0.25, 0.3) is 0 Å². The van der Waals surface area contributed by atoms with Crippen LogP contribution in [0.25, 0.3) is 0 Å². The van der Waals surface area contributed by atoms with E-state index in [9.17, 15) is 8.60 Å². The molecule has 0 spiro atoms. The molecule has 0 radical (unpaired) electrons. The fourth-order valence-electron chi connectivity index (χ4n) is 5.38. The lowest BCUT2D eigenvalue weighted by Gasteiger charge is -2.33. The van der Waals surface area contributed by atoms with E-state index in [1.807, 2.05) is 24.3 Å². The number of aromatic nitrogens is 2. The summed E-state index contributed by atoms with van der Waals surface area (Å²) in [6, 6.07) is 14.9. The van der Waals surface area contributed by atoms with Crippen LogP contribution in [0.3, 0.4) is 0 Å². The zero-order valence-electron chi connectivity index (χ0n) is 21.5. The molecular weight excluding hydrogens is 521 g/mol. The minimum atomic E-state index is -1.10. The molecule has 1 unspecified atom stereocenters. The fourth-order valence-corrected chi connectivity index (χ4v) is 6.82. The summed E-state index contributed by atoms with van der Waals surface area (Å²) in [5, 5.41) is 4.29. The Morgan fingerprint density at radius 2 is 1.82 bits per heavy atom. The summed E-state index contributed by atoms with van der Waals surface area (Å²) in [5.74, 6) is 2.27. The first kappa shape index (κ1) is 27.0. The SMILES string of the molecule is NC[C@H](CCCCc1ccc(F)cc1)Nc1nc(N2CCC(c3ccc(Cl)cc3)CC2)nc2c1S(=O)CC2. The van der Waals surface area contributed by atoms with Gasteiger partial charge in [0.1, 0.15) is 16.5 Å². The van der Waals surface area contributed by atoms with Crippen LogP contribution in [0.1, 0.15) is 54.8 Å². The maximum atomic E-state index is 13.1. The van der Waals surface area contributed by atoms with Crippen molar-refractivity contribution in [3.05, 3.63) is 76.2 Å². The van der Waals surface area contributed by atoms with Crippen molar-refractivity contribution in [2.75, 3.05) is 35.6 Å². The lowest BCUT2D eigenvalue weighted by Crippen LogP contribution is -2.35. The van der Waals surface area contributed by atoms with Gasteiger partial charge in [0.15, 0.2) is 0 Å². The normalized spacial score (nSPS) is 18.4. The smallest absolute Gasteiger partial charge is 0.227 e. The number of halogens is 2. The summed E-state index contributed by atoms with van der Waals surface area (Å²) >= 11 is 6.07. The van der Waals surface area contributed by atoms with Crippen molar-refractivity contribution in [2.45, 2.75) is 61.8 Å². The Labute approximate surface area is 231 Å². The lowest BCUT2D eigenvalue weighted by molar-refractivity contribution is 0.498. The van der Waals surface area contributed by atoms with Gasteiger partial charge in [-0.2, -0.15) is 4.98 Å². The molecule has 202 valence electrons. The number of hydrogen-bond acceptors (Lipinski definition) is 6. The van der Waals surface area contributed by atoms with Crippen LogP contribution in [0.5, 0.6) is 0 Å². The van der Waals surface area contributed by atoms with E-state index in [0.717, 1.165) is 72.8 Å². The summed E-state index contributed by atoms with van der Waals surface area (Å²) in [7, 11) is -1.10. The lowest BCUT2D eigenvalue weighted by atomic mass is 9.89. The number of unbranched alkanes of at least 4 members (excludes halogenated alkanes) is 1. The van der Waals surface area contributed by atoms with E-state index in [4.69, 9.17) is 27.3 Å². The van der Waals surface area contributed by atoms with Gasteiger partial charge >= 0.3 is 0 Å². The molecule has 3 aromatic rings. The predicted molar refractivity (Wildman–Crippen MR) is 153 cm³/mol. The summed E-state index contributed by atoms with van der Waals surface area (Å²) in [5.41, 5.74) is 9.48. The highest BCUT2D eigenvalue weighted by Gasteiger charge is 2.29. The van der Waals surface area contributed by atoms with Gasteiger partial charge in [-0.25, -0.2) is 9.37 Å². The number of nitrogens with two attached hydrogens (primary N) is 1. The Bertz CT molecular complexity index is 1250. The third-order valence-electron chi connectivity index (χ3n) is 7.60. The number of hydrogen-bond donors (Lipinski definition) is 2. The molecular formula is C29H35ClFN5OS. The number of benzene rings is 2. The minimum absolute atomic E-state index is 0.0308. The van der Waals surface area contributed by atoms with Gasteiger partial charge < -0.3 is 16.0 Å². The van der Waals surface area contributed by atoms with Crippen molar-refractivity contribution in [2.24, 2.45) is 5.73 Å². The second-order valence-corrected chi connectivity index (χ2v) is 12.2. The number of piperidine rings is 1. The number of fused-ring (bicyclic) bond motifs is 1. The Balaban J connectivity index is 1.22. The van der Waals surface area contributed by atoms with Gasteiger partial charge in [-0.1, -0.05) is 42.3 Å². The second kappa shape index (κ2) is 12.5. The third-order valence-corrected chi connectivity index (χ3v) is 9.31. The number of nitrogens with zero attached hydrogens (tertiary/aromatic N) is 3. The van der Waals surface area contributed by atoms with Gasteiger partial charge in [-0.05, 0) is 73.4 Å². The highest BCUT2D eigenvalue weighted by atomic mass is 35.5. The van der Waals surface area contributed by atoms with Gasteiger partial charge in [0.2, 0.25) is 5.95 Å². The molecule has 2 aliphatic rings. The van der Waals surface area contributed by atoms with E-state index >= 15 is 0 Å². The molecule has 0 amide bonds. The van der Waals surface area contributed by atoms with E-state index in [2.05, 4.69) is 22.3 Å². The van der Waals surface area contributed by atoms with E-state index < -0.39 is 10.8 Å². The molecule has 0 bridgehead atoms. The van der Waals surface area contributed by atoms with Crippen molar-refractivity contribution < 1.29 is 8.60 Å². The van der Waals surface area contributed by atoms with Crippen molar-refractivity contribution in [1.82, 2.24) is 9.97 Å². The molecule has 9 heteroatoms. The summed E-state index contributed by atoms with van der Waals surface area (Å²) in [6.07, 6.45) is 6.51. The highest BCUT2D eigenvalue weighted by molar-refractivity contribution is 7.85. The molecule has 0 saturated carbocycles. The van der Waals surface area contributed by atoms with Crippen molar-refractivity contribution >= 4 is 34.2 Å². The van der Waals surface area contributed by atoms with Gasteiger partial charge in [0.05, 0.1) is 16.5 Å². The Morgan fingerprint density at radius 3 is 2.53 bits per heavy atom. The number of anilines is 2. The first-order valence-electron chi connectivity index (χ1n) is 13.5. The van der Waals surface area contributed by atoms with E-state index in [1.54, 1.807) is 0 Å². The predicted octanol–water partition coefficient (Wildman–Crippen LogP) is 5.47. The summed E-state index contributed by atoms with van der Waals surface area (Å²) in [4.78, 5) is 12.7. The largest absolute Gasteiger partial charge is 0.365 e. The zero-order valence-corrected chi connectivity index (χ0v) is 23.1. The molecule has 0 aliphatic carbocycles. The molecule has 6 nitrogen and oxygen atoms in total. The maximum Gasteiger partial charge on any atom is 0.227 e. The van der Waals surface area contributed by atoms with Crippen LogP contribution < -0.4 is 16.0 Å². The van der Waals surface area contributed by atoms with Crippen molar-refractivity contribution in [1.29, 1.82) is 0 Å². The van der Waals surface area contributed by atoms with Crippen molar-refractivity contribution in [3.63, 3.8) is 0 Å². The molecule has 2 atom stereocenters. The van der Waals surface area contributed by atoms with E-state index in [0.29, 0.717) is 36.4 Å². The fraction of sp³-hybridized carbons (Fsp3) is 0.448. The van der Waals surface area contributed by atoms with Crippen LogP contribution >= 0.6 is 11.6 Å². The zero-order chi connectivity index (χ0) is 26.5. The van der Waals surface area contributed by atoms with Gasteiger partial charge in [-0.3, -0.25) is 4.21 Å². The van der Waals surface area contributed by atoms with Crippen LogP contribution in [0.15, 0.2) is 53.4 Å². The second-order valence-electron chi connectivity index (χ2n) is 10.2. The average Bonchev–Trinajstić information content (AvgIpc) is 3.32. The van der Waals surface area contributed by atoms with Crippen LogP contribution in [0.2, 0.25) is 5.02 Å². The van der Waals surface area contributed by atoms with Crippen LogP contribution in [0, 0.1) is 5.82 Å². The standard InChI is InChI=1S/C29H35ClFN5OS/c30-23-9-7-21(8-10-23)22-13-16-36(17-14-22)29-34-26-15-18-38(37)27(26)28(35-29)33-25(19-32)4-2-1-3-20-5-11-24(31)12-6-20/h5-12,22,25H,1-4,13-19,32H2,(H,33,34,35)/t25-,38?/m0/s1. The van der Waals surface area contributed by atoms with Crippen LogP contribution in [-0.2, 0) is 23.6 Å². The Kier molecular flexibility index (Phi) is 8.92. The van der Waals surface area contributed by atoms with E-state index in [-0.39, 0.29) is 11.9 Å². The topological polar surface area (TPSA) is 84.1 Å². The quantitative estimate of drug-likeness (QED) is 0.323.